The highest BCUT2D eigenvalue weighted by atomic mass is 32.2. The molecule has 374 valence electrons. The van der Waals surface area contributed by atoms with Crippen molar-refractivity contribution in [2.75, 3.05) is 4.90 Å². The highest BCUT2D eigenvalue weighted by Crippen LogP contribution is 2.49. The molecule has 0 unspecified atom stereocenters. The van der Waals surface area contributed by atoms with Crippen molar-refractivity contribution in [2.45, 2.75) is 115 Å². The summed E-state index contributed by atoms with van der Waals surface area (Å²) in [5, 5.41) is 7.84. The van der Waals surface area contributed by atoms with Crippen LogP contribution in [0.3, 0.4) is 0 Å². The zero-order valence-corrected chi connectivity index (χ0v) is 47.2. The Balaban J connectivity index is 1.05. The summed E-state index contributed by atoms with van der Waals surface area (Å²) in [6.45, 7) is 23.4. The van der Waals surface area contributed by atoms with Crippen LogP contribution < -0.4 is 21.3 Å². The third-order valence-electron chi connectivity index (χ3n) is 16.8. The summed E-state index contributed by atoms with van der Waals surface area (Å²) >= 11 is 3.90. The Kier molecular flexibility index (Phi) is 10.6. The Morgan fingerprint density at radius 1 is 0.421 bits per heavy atom. The maximum absolute atomic E-state index is 2.72. The quantitative estimate of drug-likeness (QED) is 0.154. The summed E-state index contributed by atoms with van der Waals surface area (Å²) < 4.78 is 7.74. The number of anilines is 3. The van der Waals surface area contributed by atoms with Crippen molar-refractivity contribution in [3.63, 3.8) is 0 Å². The summed E-state index contributed by atoms with van der Waals surface area (Å²) in [7, 11) is 0. The van der Waals surface area contributed by atoms with Crippen LogP contribution in [0.25, 0.3) is 75.2 Å². The molecule has 5 heterocycles. The molecule has 0 fully saturated rings. The SMILES string of the molecule is CCCCc1cc2sc3ccccc3c2cc1N1c2cc(-n3c4ccccc4c4cc(C(C)(C)C)ccc43)ccc2B2c3ccc(-n4c5ccccc5c5cc(C(C)(C)C)ccc54)cc3Sc3cc(C(C)(C)C)cc1c32. The molecule has 0 radical (unpaired) electrons. The molecule has 76 heavy (non-hydrogen) atoms. The fourth-order valence-corrected chi connectivity index (χ4v) is 15.1. The van der Waals surface area contributed by atoms with E-state index >= 15 is 0 Å². The van der Waals surface area contributed by atoms with Crippen LogP contribution in [0.1, 0.15) is 104 Å². The van der Waals surface area contributed by atoms with E-state index in [1.165, 1.54) is 141 Å². The molecule has 0 saturated heterocycles. The van der Waals surface area contributed by atoms with E-state index in [0.717, 1.165) is 19.3 Å². The van der Waals surface area contributed by atoms with Crippen LogP contribution in [0.15, 0.2) is 180 Å². The predicted octanol–water partition coefficient (Wildman–Crippen LogP) is 18.2. The highest BCUT2D eigenvalue weighted by Gasteiger charge is 2.43. The molecule has 12 aromatic rings. The molecule has 0 N–H and O–H groups in total. The van der Waals surface area contributed by atoms with Gasteiger partial charge in [0.2, 0.25) is 6.71 Å². The molecule has 2 aliphatic heterocycles. The molecule has 3 nitrogen and oxygen atoms in total. The molecule has 0 atom stereocenters. The van der Waals surface area contributed by atoms with E-state index in [2.05, 4.69) is 253 Å². The van der Waals surface area contributed by atoms with Crippen LogP contribution in [-0.4, -0.2) is 15.8 Å². The normalized spacial score (nSPS) is 13.7. The molecule has 2 aliphatic rings. The molecular weight excluding hydrogens is 958 g/mol. The minimum absolute atomic E-state index is 0.0226. The molecule has 0 spiro atoms. The van der Waals surface area contributed by atoms with Gasteiger partial charge in [-0.05, 0) is 153 Å². The fourth-order valence-electron chi connectivity index (χ4n) is 12.7. The average molecular weight is 1020 g/mol. The monoisotopic (exact) mass is 1020 g/mol. The molecule has 0 saturated carbocycles. The predicted molar refractivity (Wildman–Crippen MR) is 333 cm³/mol. The Morgan fingerprint density at radius 3 is 1.61 bits per heavy atom. The number of aromatic nitrogens is 2. The average Bonchev–Trinajstić information content (AvgIpc) is 4.06. The first-order valence-electron chi connectivity index (χ1n) is 27.5. The van der Waals surface area contributed by atoms with Gasteiger partial charge in [-0.3, -0.25) is 0 Å². The lowest BCUT2D eigenvalue weighted by Crippen LogP contribution is -2.60. The van der Waals surface area contributed by atoms with Crippen LogP contribution in [0, 0.1) is 0 Å². The van der Waals surface area contributed by atoms with E-state index < -0.39 is 0 Å². The Bertz CT molecular complexity index is 4390. The number of hydrogen-bond donors (Lipinski definition) is 0. The third kappa shape index (κ3) is 7.30. The maximum atomic E-state index is 2.72. The van der Waals surface area contributed by atoms with Gasteiger partial charge in [0.05, 0.1) is 22.1 Å². The van der Waals surface area contributed by atoms with Crippen LogP contribution in [0.5, 0.6) is 0 Å². The van der Waals surface area contributed by atoms with E-state index in [4.69, 9.17) is 0 Å². The molecular formula is C70H64BN3S2. The Labute approximate surface area is 456 Å². The Hall–Kier alpha value is -6.99. The second-order valence-electron chi connectivity index (χ2n) is 24.8. The van der Waals surface area contributed by atoms with Gasteiger partial charge in [-0.25, -0.2) is 0 Å². The number of unbranched alkanes of at least 4 members (excludes halogenated alkanes) is 1. The van der Waals surface area contributed by atoms with Gasteiger partial charge in [-0.2, -0.15) is 0 Å². The molecule has 0 aliphatic carbocycles. The number of nitrogens with zero attached hydrogens (tertiary/aromatic N) is 3. The molecule has 9 aromatic carbocycles. The summed E-state index contributed by atoms with van der Waals surface area (Å²) in [5.74, 6) is 0. The van der Waals surface area contributed by atoms with Gasteiger partial charge in [0.25, 0.3) is 0 Å². The van der Waals surface area contributed by atoms with Crippen molar-refractivity contribution in [3.05, 3.63) is 192 Å². The van der Waals surface area contributed by atoms with Crippen LogP contribution in [-0.2, 0) is 22.7 Å². The number of aryl methyl sites for hydroxylation is 1. The lowest BCUT2D eigenvalue weighted by molar-refractivity contribution is 0.589. The van der Waals surface area contributed by atoms with Gasteiger partial charge < -0.3 is 14.0 Å². The highest BCUT2D eigenvalue weighted by molar-refractivity contribution is 8.00. The van der Waals surface area contributed by atoms with Gasteiger partial charge in [0, 0.05) is 79.9 Å². The summed E-state index contributed by atoms with van der Waals surface area (Å²) in [4.78, 5) is 5.39. The molecule has 14 rings (SSSR count). The lowest BCUT2D eigenvalue weighted by Gasteiger charge is -2.42. The third-order valence-corrected chi connectivity index (χ3v) is 19.1. The first kappa shape index (κ1) is 47.5. The second kappa shape index (κ2) is 17.0. The fraction of sp³-hybridized carbons (Fsp3) is 0.229. The maximum Gasteiger partial charge on any atom is 0.249 e. The minimum Gasteiger partial charge on any atom is -0.311 e. The first-order valence-corrected chi connectivity index (χ1v) is 29.1. The zero-order chi connectivity index (χ0) is 52.2. The number of hydrogen-bond acceptors (Lipinski definition) is 3. The van der Waals surface area contributed by atoms with E-state index in [-0.39, 0.29) is 23.0 Å². The van der Waals surface area contributed by atoms with Crippen molar-refractivity contribution in [1.29, 1.82) is 0 Å². The molecule has 0 amide bonds. The summed E-state index contributed by atoms with van der Waals surface area (Å²) in [6, 6.07) is 66.3. The van der Waals surface area contributed by atoms with E-state index in [1.807, 2.05) is 23.1 Å². The molecule has 0 bridgehead atoms. The lowest BCUT2D eigenvalue weighted by atomic mass is 9.34. The summed E-state index contributed by atoms with van der Waals surface area (Å²) in [5.41, 5.74) is 20.7. The van der Waals surface area contributed by atoms with Gasteiger partial charge in [-0.1, -0.05) is 172 Å². The van der Waals surface area contributed by atoms with Crippen molar-refractivity contribution in [2.24, 2.45) is 0 Å². The van der Waals surface area contributed by atoms with Crippen molar-refractivity contribution in [1.82, 2.24) is 9.13 Å². The largest absolute Gasteiger partial charge is 0.311 e. The standard InChI is InChI=1S/C70H64BN3S2/c1-11-12-19-42-34-64-53(50-22-15-18-25-63(50)75-64)41-60(42)74-61-39-46(72-56-23-16-13-20-48(56)51-35-43(68(2,3)4)26-32-58(51)72)28-30-54(61)71-55-31-29-47(40-65(55)76-66-38-45(70(8,9)10)37-62(74)67(66)71)73-57-24-17-14-21-49(57)52-36-44(69(5,6)7)27-33-59(52)73/h13-18,20-41H,11-12,19H2,1-10H3. The smallest absolute Gasteiger partial charge is 0.249 e. The van der Waals surface area contributed by atoms with Crippen LogP contribution in [0.2, 0.25) is 0 Å². The van der Waals surface area contributed by atoms with E-state index in [1.54, 1.807) is 0 Å². The van der Waals surface area contributed by atoms with Crippen LogP contribution in [0.4, 0.5) is 17.1 Å². The minimum atomic E-state index is -0.0974. The van der Waals surface area contributed by atoms with Gasteiger partial charge in [0.1, 0.15) is 0 Å². The first-order chi connectivity index (χ1) is 36.5. The Morgan fingerprint density at radius 2 is 0.987 bits per heavy atom. The van der Waals surface area contributed by atoms with Crippen molar-refractivity contribution >= 4 is 127 Å². The van der Waals surface area contributed by atoms with Crippen molar-refractivity contribution in [3.8, 4) is 11.4 Å². The number of rotatable bonds is 6. The number of benzene rings is 9. The topological polar surface area (TPSA) is 13.1 Å². The van der Waals surface area contributed by atoms with E-state index in [9.17, 15) is 0 Å². The van der Waals surface area contributed by atoms with Crippen LogP contribution >= 0.6 is 23.1 Å². The molecule has 6 heteroatoms. The zero-order valence-electron chi connectivity index (χ0n) is 45.5. The number of thiophene rings is 1. The van der Waals surface area contributed by atoms with Crippen molar-refractivity contribution < 1.29 is 0 Å². The molecule has 3 aromatic heterocycles. The van der Waals surface area contributed by atoms with Gasteiger partial charge >= 0.3 is 0 Å². The second-order valence-corrected chi connectivity index (χ2v) is 27.0. The number of para-hydroxylation sites is 2. The van der Waals surface area contributed by atoms with Gasteiger partial charge in [0.15, 0.2) is 0 Å². The summed E-state index contributed by atoms with van der Waals surface area (Å²) in [6.07, 6.45) is 3.27. The van der Waals surface area contributed by atoms with E-state index in [0.29, 0.717) is 0 Å². The van der Waals surface area contributed by atoms with Gasteiger partial charge in [-0.15, -0.1) is 11.3 Å². The number of fused-ring (bicyclic) bond motifs is 13.